The Balaban J connectivity index is 2.36. The molecule has 0 saturated heterocycles. The van der Waals surface area contributed by atoms with Gasteiger partial charge in [-0.3, -0.25) is 4.79 Å². The first-order chi connectivity index (χ1) is 12.0. The third-order valence-electron chi connectivity index (χ3n) is 4.68. The minimum Gasteiger partial charge on any atom is -0.493 e. The van der Waals surface area contributed by atoms with E-state index in [1.165, 1.54) is 6.07 Å². The van der Waals surface area contributed by atoms with Crippen molar-refractivity contribution in [3.05, 3.63) is 33.7 Å². The molecule has 1 aromatic carbocycles. The van der Waals surface area contributed by atoms with Gasteiger partial charge in [0.05, 0.1) is 17.9 Å². The summed E-state index contributed by atoms with van der Waals surface area (Å²) in [5.74, 6) is 0.694. The Bertz CT molecular complexity index is 864. The molecule has 0 N–H and O–H groups in total. The lowest BCUT2D eigenvalue weighted by atomic mass is 9.89. The Labute approximate surface area is 146 Å². The quantitative estimate of drug-likeness (QED) is 0.763. The molecule has 0 aliphatic carbocycles. The van der Waals surface area contributed by atoms with Crippen LogP contribution in [0.3, 0.4) is 0 Å². The molecule has 25 heavy (non-hydrogen) atoms. The molecule has 1 aliphatic rings. The van der Waals surface area contributed by atoms with E-state index in [0.717, 1.165) is 18.4 Å². The molecule has 134 valence electrons. The van der Waals surface area contributed by atoms with Gasteiger partial charge in [0.1, 0.15) is 23.2 Å². The minimum atomic E-state index is -0.454. The highest BCUT2D eigenvalue weighted by Gasteiger charge is 2.35. The Morgan fingerprint density at radius 3 is 2.56 bits per heavy atom. The molecule has 5 nitrogen and oxygen atoms in total. The molecule has 2 heterocycles. The average molecular weight is 344 g/mol. The van der Waals surface area contributed by atoms with Crippen molar-refractivity contribution in [1.29, 1.82) is 0 Å². The van der Waals surface area contributed by atoms with Gasteiger partial charge >= 0.3 is 5.63 Å². The number of ether oxygens (including phenoxy) is 2. The number of hydrogen-bond donors (Lipinski definition) is 0. The molecule has 0 spiro atoms. The average Bonchev–Trinajstić information content (AvgIpc) is 2.57. The molecule has 3 rings (SSSR count). The van der Waals surface area contributed by atoms with E-state index in [2.05, 4.69) is 0 Å². The van der Waals surface area contributed by atoms with Crippen LogP contribution in [0.1, 0.15) is 56.5 Å². The van der Waals surface area contributed by atoms with E-state index in [9.17, 15) is 9.59 Å². The Kier molecular flexibility index (Phi) is 4.84. The summed E-state index contributed by atoms with van der Waals surface area (Å²) in [6.07, 6.45) is 2.21. The van der Waals surface area contributed by atoms with Crippen molar-refractivity contribution in [3.63, 3.8) is 0 Å². The molecular weight excluding hydrogens is 320 g/mol. The lowest BCUT2D eigenvalue weighted by Crippen LogP contribution is -2.33. The van der Waals surface area contributed by atoms with Crippen molar-refractivity contribution in [2.75, 3.05) is 6.61 Å². The molecular formula is C20H24O5. The van der Waals surface area contributed by atoms with Crippen molar-refractivity contribution in [1.82, 2.24) is 0 Å². The van der Waals surface area contributed by atoms with Crippen LogP contribution in [0.15, 0.2) is 21.3 Å². The van der Waals surface area contributed by atoms with Gasteiger partial charge in [0.25, 0.3) is 0 Å². The number of fused-ring (bicyclic) bond motifs is 3. The number of benzene rings is 1. The summed E-state index contributed by atoms with van der Waals surface area (Å²) >= 11 is 0. The Hall–Kier alpha value is -2.30. The van der Waals surface area contributed by atoms with Gasteiger partial charge in [0, 0.05) is 12.1 Å². The van der Waals surface area contributed by atoms with Crippen molar-refractivity contribution in [3.8, 4) is 11.5 Å². The molecule has 0 fully saturated rings. The predicted molar refractivity (Wildman–Crippen MR) is 95.8 cm³/mol. The maximum Gasteiger partial charge on any atom is 0.336 e. The topological polar surface area (TPSA) is 65.7 Å². The summed E-state index contributed by atoms with van der Waals surface area (Å²) in [5, 5.41) is 0.715. The zero-order valence-corrected chi connectivity index (χ0v) is 15.2. The first-order valence-electron chi connectivity index (χ1n) is 8.95. The highest BCUT2D eigenvalue weighted by Crippen LogP contribution is 2.42. The first kappa shape index (κ1) is 17.5. The van der Waals surface area contributed by atoms with Crippen LogP contribution in [0.5, 0.6) is 11.5 Å². The molecule has 0 saturated carbocycles. The Morgan fingerprint density at radius 1 is 1.12 bits per heavy atom. The van der Waals surface area contributed by atoms with E-state index in [1.807, 2.05) is 27.7 Å². The van der Waals surface area contributed by atoms with E-state index in [-0.39, 0.29) is 17.8 Å². The zero-order valence-electron chi connectivity index (χ0n) is 15.2. The van der Waals surface area contributed by atoms with Crippen LogP contribution < -0.4 is 15.1 Å². The van der Waals surface area contributed by atoms with Gasteiger partial charge in [-0.25, -0.2) is 4.79 Å². The third-order valence-corrected chi connectivity index (χ3v) is 4.68. The monoisotopic (exact) mass is 344 g/mol. The van der Waals surface area contributed by atoms with Crippen molar-refractivity contribution >= 4 is 16.8 Å². The van der Waals surface area contributed by atoms with Gasteiger partial charge < -0.3 is 13.9 Å². The van der Waals surface area contributed by atoms with Gasteiger partial charge in [0.2, 0.25) is 0 Å². The smallest absolute Gasteiger partial charge is 0.336 e. The molecule has 0 amide bonds. The van der Waals surface area contributed by atoms with Crippen LogP contribution in [-0.4, -0.2) is 18.5 Å². The van der Waals surface area contributed by atoms with Crippen LogP contribution in [0, 0.1) is 5.92 Å². The largest absolute Gasteiger partial charge is 0.493 e. The number of ketones is 1. The molecule has 2 atom stereocenters. The Morgan fingerprint density at radius 2 is 1.88 bits per heavy atom. The van der Waals surface area contributed by atoms with Gasteiger partial charge in [-0.2, -0.15) is 0 Å². The van der Waals surface area contributed by atoms with E-state index < -0.39 is 5.63 Å². The highest BCUT2D eigenvalue weighted by atomic mass is 16.5. The second-order valence-electron chi connectivity index (χ2n) is 6.62. The molecule has 1 aliphatic heterocycles. The highest BCUT2D eigenvalue weighted by molar-refractivity contribution is 6.12. The molecule has 0 bridgehead atoms. The second-order valence-corrected chi connectivity index (χ2v) is 6.62. The summed E-state index contributed by atoms with van der Waals surface area (Å²) in [6.45, 7) is 8.31. The fourth-order valence-electron chi connectivity index (χ4n) is 3.22. The van der Waals surface area contributed by atoms with Crippen molar-refractivity contribution in [2.24, 2.45) is 5.92 Å². The normalized spacial score (nSPS) is 19.6. The van der Waals surface area contributed by atoms with E-state index in [0.29, 0.717) is 41.1 Å². The SMILES string of the molecule is CCCOc1cc2c(c3oc(=O)cc(CCC)c13)C(=O)[C@H](C)[C@@H](C)O2. The van der Waals surface area contributed by atoms with E-state index in [1.54, 1.807) is 6.07 Å². The molecule has 1 aromatic heterocycles. The van der Waals surface area contributed by atoms with Gasteiger partial charge in [0.15, 0.2) is 11.4 Å². The molecule has 0 unspecified atom stereocenters. The minimum absolute atomic E-state index is 0.0578. The molecule has 0 radical (unpaired) electrons. The first-order valence-corrected chi connectivity index (χ1v) is 8.95. The summed E-state index contributed by atoms with van der Waals surface area (Å²) in [6, 6.07) is 3.27. The predicted octanol–water partition coefficient (Wildman–Crippen LogP) is 4.13. The maximum absolute atomic E-state index is 12.9. The number of hydrogen-bond acceptors (Lipinski definition) is 5. The number of rotatable bonds is 5. The number of carbonyl (C=O) groups is 1. The lowest BCUT2D eigenvalue weighted by molar-refractivity contribution is 0.0731. The summed E-state index contributed by atoms with van der Waals surface area (Å²) in [4.78, 5) is 24.9. The van der Waals surface area contributed by atoms with Crippen LogP contribution in [0.2, 0.25) is 0 Å². The van der Waals surface area contributed by atoms with E-state index >= 15 is 0 Å². The standard InChI is InChI=1S/C20H24O5/c1-5-7-13-9-16(21)25-20-17(13)14(23-8-6-2)10-15-18(20)19(22)11(3)12(4)24-15/h9-12H,5-8H2,1-4H3/t11-,12-/m1/s1. The van der Waals surface area contributed by atoms with E-state index in [4.69, 9.17) is 13.9 Å². The number of aryl methyl sites for hydroxylation is 1. The van der Waals surface area contributed by atoms with Gasteiger partial charge in [-0.1, -0.05) is 27.2 Å². The van der Waals surface area contributed by atoms with Crippen LogP contribution in [0.25, 0.3) is 11.0 Å². The van der Waals surface area contributed by atoms with Crippen LogP contribution >= 0.6 is 0 Å². The summed E-state index contributed by atoms with van der Waals surface area (Å²) in [7, 11) is 0. The van der Waals surface area contributed by atoms with Crippen LogP contribution in [-0.2, 0) is 6.42 Å². The third kappa shape index (κ3) is 3.03. The van der Waals surface area contributed by atoms with Crippen molar-refractivity contribution in [2.45, 2.75) is 53.1 Å². The van der Waals surface area contributed by atoms with Gasteiger partial charge in [-0.15, -0.1) is 0 Å². The number of carbonyl (C=O) groups excluding carboxylic acids is 1. The molecule has 2 aromatic rings. The zero-order chi connectivity index (χ0) is 18.1. The summed E-state index contributed by atoms with van der Waals surface area (Å²) < 4.78 is 17.3. The van der Waals surface area contributed by atoms with Gasteiger partial charge in [-0.05, 0) is 25.3 Å². The molecule has 5 heteroatoms. The lowest BCUT2D eigenvalue weighted by Gasteiger charge is -2.29. The van der Waals surface area contributed by atoms with Crippen molar-refractivity contribution < 1.29 is 18.7 Å². The fraction of sp³-hybridized carbons (Fsp3) is 0.500. The fourth-order valence-corrected chi connectivity index (χ4v) is 3.22. The number of Topliss-reactive ketones (excluding diaryl/α,β-unsaturated/α-hetero) is 1. The summed E-state index contributed by atoms with van der Waals surface area (Å²) in [5.41, 5.74) is 1.05. The second kappa shape index (κ2) is 6.90. The maximum atomic E-state index is 12.9. The van der Waals surface area contributed by atoms with Crippen LogP contribution in [0.4, 0.5) is 0 Å².